The first-order valence-corrected chi connectivity index (χ1v) is 5.13. The summed E-state index contributed by atoms with van der Waals surface area (Å²) in [6.45, 7) is 6.02. The van der Waals surface area contributed by atoms with Crippen LogP contribution >= 0.6 is 0 Å². The van der Waals surface area contributed by atoms with Crippen molar-refractivity contribution in [2.45, 2.75) is 33.6 Å². The summed E-state index contributed by atoms with van der Waals surface area (Å²) in [7, 11) is 0. The van der Waals surface area contributed by atoms with Crippen molar-refractivity contribution in [2.75, 3.05) is 0 Å². The lowest BCUT2D eigenvalue weighted by Gasteiger charge is -2.16. The molecule has 0 aliphatic rings. The molecule has 1 nitrogen and oxygen atoms in total. The standard InChI is InChI=1S/C13H17FO/c1-13(2,3)9-11(15)8-10-6-4-5-7-12(10)14/h4-7H,8-9H2,1-3H3. The molecule has 0 aliphatic carbocycles. The zero-order valence-electron chi connectivity index (χ0n) is 9.51. The van der Waals surface area contributed by atoms with E-state index in [0.717, 1.165) is 0 Å². The van der Waals surface area contributed by atoms with Gasteiger partial charge in [0.1, 0.15) is 11.6 Å². The Labute approximate surface area is 90.3 Å². The van der Waals surface area contributed by atoms with Gasteiger partial charge in [0.05, 0.1) is 0 Å². The van der Waals surface area contributed by atoms with Crippen LogP contribution in [0.3, 0.4) is 0 Å². The van der Waals surface area contributed by atoms with Gasteiger partial charge in [0, 0.05) is 12.8 Å². The van der Waals surface area contributed by atoms with Crippen molar-refractivity contribution in [3.63, 3.8) is 0 Å². The maximum atomic E-state index is 13.2. The molecule has 0 unspecified atom stereocenters. The predicted molar refractivity (Wildman–Crippen MR) is 59.2 cm³/mol. The molecule has 2 heteroatoms. The lowest BCUT2D eigenvalue weighted by molar-refractivity contribution is -0.120. The number of carbonyl (C=O) groups is 1. The molecule has 82 valence electrons. The minimum Gasteiger partial charge on any atom is -0.299 e. The summed E-state index contributed by atoms with van der Waals surface area (Å²) in [4.78, 5) is 11.6. The zero-order chi connectivity index (χ0) is 11.5. The van der Waals surface area contributed by atoms with Gasteiger partial charge in [0.15, 0.2) is 0 Å². The van der Waals surface area contributed by atoms with Crippen molar-refractivity contribution >= 4 is 5.78 Å². The predicted octanol–water partition coefficient (Wildman–Crippen LogP) is 3.37. The van der Waals surface area contributed by atoms with Gasteiger partial charge in [-0.15, -0.1) is 0 Å². The van der Waals surface area contributed by atoms with E-state index in [1.807, 2.05) is 20.8 Å². The van der Waals surface area contributed by atoms with Gasteiger partial charge in [-0.25, -0.2) is 4.39 Å². The molecular formula is C13H17FO. The van der Waals surface area contributed by atoms with Crippen molar-refractivity contribution in [3.8, 4) is 0 Å². The Morgan fingerprint density at radius 1 is 1.27 bits per heavy atom. The molecular weight excluding hydrogens is 191 g/mol. The SMILES string of the molecule is CC(C)(C)CC(=O)Cc1ccccc1F. The molecule has 0 saturated heterocycles. The van der Waals surface area contributed by atoms with Crippen molar-refractivity contribution in [3.05, 3.63) is 35.6 Å². The summed E-state index contributed by atoms with van der Waals surface area (Å²) < 4.78 is 13.2. The normalized spacial score (nSPS) is 11.5. The van der Waals surface area contributed by atoms with Crippen LogP contribution in [0.1, 0.15) is 32.8 Å². The number of hydrogen-bond acceptors (Lipinski definition) is 1. The third kappa shape index (κ3) is 4.24. The number of Topliss-reactive ketones (excluding diaryl/α,β-unsaturated/α-hetero) is 1. The number of halogens is 1. The number of carbonyl (C=O) groups excluding carboxylic acids is 1. The van der Waals surface area contributed by atoms with E-state index in [1.54, 1.807) is 18.2 Å². The van der Waals surface area contributed by atoms with Crippen LogP contribution in [0.25, 0.3) is 0 Å². The molecule has 0 aliphatic heterocycles. The summed E-state index contributed by atoms with van der Waals surface area (Å²) >= 11 is 0. The molecule has 1 aromatic carbocycles. The van der Waals surface area contributed by atoms with Gasteiger partial charge in [0.2, 0.25) is 0 Å². The third-order valence-electron chi connectivity index (χ3n) is 2.07. The van der Waals surface area contributed by atoms with Gasteiger partial charge in [-0.2, -0.15) is 0 Å². The van der Waals surface area contributed by atoms with Gasteiger partial charge in [0.25, 0.3) is 0 Å². The maximum Gasteiger partial charge on any atom is 0.137 e. The van der Waals surface area contributed by atoms with Crippen LogP contribution in [0, 0.1) is 11.2 Å². The fourth-order valence-electron chi connectivity index (χ4n) is 1.51. The Bertz CT molecular complexity index is 350. The molecule has 0 N–H and O–H groups in total. The van der Waals surface area contributed by atoms with E-state index in [-0.39, 0.29) is 23.4 Å². The van der Waals surface area contributed by atoms with E-state index in [9.17, 15) is 9.18 Å². The Balaban J connectivity index is 2.64. The third-order valence-corrected chi connectivity index (χ3v) is 2.07. The topological polar surface area (TPSA) is 17.1 Å². The highest BCUT2D eigenvalue weighted by atomic mass is 19.1. The van der Waals surface area contributed by atoms with Gasteiger partial charge in [-0.3, -0.25) is 4.79 Å². The van der Waals surface area contributed by atoms with E-state index in [1.165, 1.54) is 6.07 Å². The van der Waals surface area contributed by atoms with Crippen LogP contribution in [0.4, 0.5) is 4.39 Å². The Hall–Kier alpha value is -1.18. The van der Waals surface area contributed by atoms with Crippen molar-refractivity contribution in [2.24, 2.45) is 5.41 Å². The number of rotatable bonds is 3. The molecule has 15 heavy (non-hydrogen) atoms. The van der Waals surface area contributed by atoms with Gasteiger partial charge in [-0.1, -0.05) is 39.0 Å². The quantitative estimate of drug-likeness (QED) is 0.744. The molecule has 0 fully saturated rings. The molecule has 1 rings (SSSR count). The van der Waals surface area contributed by atoms with Crippen molar-refractivity contribution < 1.29 is 9.18 Å². The second-order valence-corrected chi connectivity index (χ2v) is 5.04. The average Bonchev–Trinajstić information content (AvgIpc) is 2.05. The highest BCUT2D eigenvalue weighted by Crippen LogP contribution is 2.20. The van der Waals surface area contributed by atoms with E-state index in [2.05, 4.69) is 0 Å². The smallest absolute Gasteiger partial charge is 0.137 e. The molecule has 0 heterocycles. The molecule has 0 spiro atoms. The molecule has 1 aromatic rings. The minimum atomic E-state index is -0.292. The summed E-state index contributed by atoms with van der Waals surface area (Å²) in [5, 5.41) is 0. The molecule has 0 saturated carbocycles. The Morgan fingerprint density at radius 2 is 1.87 bits per heavy atom. The fourth-order valence-corrected chi connectivity index (χ4v) is 1.51. The summed E-state index contributed by atoms with van der Waals surface area (Å²) in [5.74, 6) is -0.202. The van der Waals surface area contributed by atoms with Crippen LogP contribution in [0.5, 0.6) is 0 Å². The van der Waals surface area contributed by atoms with Crippen LogP contribution in [-0.4, -0.2) is 5.78 Å². The maximum absolute atomic E-state index is 13.2. The largest absolute Gasteiger partial charge is 0.299 e. The first-order valence-electron chi connectivity index (χ1n) is 5.13. The summed E-state index contributed by atoms with van der Waals surface area (Å²) in [6.07, 6.45) is 0.686. The second kappa shape index (κ2) is 4.56. The molecule has 0 aromatic heterocycles. The van der Waals surface area contributed by atoms with E-state index in [4.69, 9.17) is 0 Å². The summed E-state index contributed by atoms with van der Waals surface area (Å²) in [6, 6.07) is 6.44. The second-order valence-electron chi connectivity index (χ2n) is 5.04. The van der Waals surface area contributed by atoms with Gasteiger partial charge < -0.3 is 0 Å². The highest BCUT2D eigenvalue weighted by Gasteiger charge is 2.16. The fraction of sp³-hybridized carbons (Fsp3) is 0.462. The highest BCUT2D eigenvalue weighted by molar-refractivity contribution is 5.81. The number of benzene rings is 1. The van der Waals surface area contributed by atoms with Crippen molar-refractivity contribution in [1.82, 2.24) is 0 Å². The van der Waals surface area contributed by atoms with Crippen molar-refractivity contribution in [1.29, 1.82) is 0 Å². The van der Waals surface area contributed by atoms with E-state index < -0.39 is 0 Å². The van der Waals surface area contributed by atoms with E-state index in [0.29, 0.717) is 12.0 Å². The molecule has 0 amide bonds. The van der Waals surface area contributed by atoms with Crippen LogP contribution < -0.4 is 0 Å². The molecule has 0 bridgehead atoms. The molecule has 0 radical (unpaired) electrons. The molecule has 0 atom stereocenters. The van der Waals surface area contributed by atoms with E-state index >= 15 is 0 Å². The van der Waals surface area contributed by atoms with Crippen LogP contribution in [-0.2, 0) is 11.2 Å². The first-order chi connectivity index (χ1) is 6.88. The average molecular weight is 208 g/mol. The van der Waals surface area contributed by atoms with Crippen LogP contribution in [0.15, 0.2) is 24.3 Å². The zero-order valence-corrected chi connectivity index (χ0v) is 9.51. The van der Waals surface area contributed by atoms with Gasteiger partial charge >= 0.3 is 0 Å². The lowest BCUT2D eigenvalue weighted by Crippen LogP contribution is -2.15. The monoisotopic (exact) mass is 208 g/mol. The lowest BCUT2D eigenvalue weighted by atomic mass is 9.88. The number of ketones is 1. The van der Waals surface area contributed by atoms with Crippen LogP contribution in [0.2, 0.25) is 0 Å². The minimum absolute atomic E-state index is 0.0255. The Morgan fingerprint density at radius 3 is 2.40 bits per heavy atom. The number of hydrogen-bond donors (Lipinski definition) is 0. The first kappa shape index (κ1) is 11.9. The summed E-state index contributed by atoms with van der Waals surface area (Å²) in [5.41, 5.74) is 0.467. The van der Waals surface area contributed by atoms with Gasteiger partial charge in [-0.05, 0) is 17.0 Å². The Kier molecular flexibility index (Phi) is 3.61.